The van der Waals surface area contributed by atoms with E-state index in [4.69, 9.17) is 0 Å². The second kappa shape index (κ2) is 10.0. The van der Waals surface area contributed by atoms with Crippen LogP contribution in [0.5, 0.6) is 0 Å². The number of likely N-dealkylation sites (N-methyl/N-ethyl adjacent to an activating group) is 1. The number of halogens is 1. The highest BCUT2D eigenvalue weighted by Crippen LogP contribution is 2.30. The van der Waals surface area contributed by atoms with E-state index in [0.717, 1.165) is 32.1 Å². The summed E-state index contributed by atoms with van der Waals surface area (Å²) >= 11 is 0. The van der Waals surface area contributed by atoms with Gasteiger partial charge in [-0.3, -0.25) is 9.59 Å². The highest BCUT2D eigenvalue weighted by Gasteiger charge is 2.42. The van der Waals surface area contributed by atoms with Gasteiger partial charge < -0.3 is 15.5 Å². The Morgan fingerprint density at radius 1 is 1.10 bits per heavy atom. The third-order valence-electron chi connectivity index (χ3n) is 4.15. The van der Waals surface area contributed by atoms with E-state index in [1.807, 2.05) is 25.8 Å². The van der Waals surface area contributed by atoms with Crippen LogP contribution in [0.2, 0.25) is 0 Å². The molecule has 0 aromatic rings. The smallest absolute Gasteiger partial charge is 0.248 e. The molecule has 0 unspecified atom stereocenters. The molecule has 0 radical (unpaired) electrons. The SMILES string of the molecule is CCN(CC)C(=O)C1(NC(=O)CCNC)CCCCC1.Cl. The average Bonchev–Trinajstić information content (AvgIpc) is 2.47. The van der Waals surface area contributed by atoms with E-state index < -0.39 is 5.54 Å². The van der Waals surface area contributed by atoms with E-state index >= 15 is 0 Å². The van der Waals surface area contributed by atoms with Gasteiger partial charge in [-0.05, 0) is 33.7 Å². The van der Waals surface area contributed by atoms with Crippen LogP contribution in [0, 0.1) is 0 Å². The Bertz CT molecular complexity index is 327. The molecule has 0 aromatic carbocycles. The Kier molecular flexibility index (Phi) is 9.62. The van der Waals surface area contributed by atoms with Crippen molar-refractivity contribution in [1.82, 2.24) is 15.5 Å². The predicted molar refractivity (Wildman–Crippen MR) is 87.7 cm³/mol. The summed E-state index contributed by atoms with van der Waals surface area (Å²) in [6.07, 6.45) is 5.14. The molecule has 0 bridgehead atoms. The molecule has 0 saturated heterocycles. The van der Waals surface area contributed by atoms with Gasteiger partial charge in [-0.1, -0.05) is 19.3 Å². The fourth-order valence-electron chi connectivity index (χ4n) is 2.93. The van der Waals surface area contributed by atoms with Crippen molar-refractivity contribution in [3.8, 4) is 0 Å². The van der Waals surface area contributed by atoms with Gasteiger partial charge in [0.25, 0.3) is 0 Å². The minimum absolute atomic E-state index is 0. The number of carbonyl (C=O) groups excluding carboxylic acids is 2. The van der Waals surface area contributed by atoms with Crippen LogP contribution in [0.25, 0.3) is 0 Å². The van der Waals surface area contributed by atoms with E-state index in [0.29, 0.717) is 26.1 Å². The van der Waals surface area contributed by atoms with Gasteiger partial charge in [0.2, 0.25) is 11.8 Å². The molecule has 1 fully saturated rings. The van der Waals surface area contributed by atoms with Crippen LogP contribution in [-0.2, 0) is 9.59 Å². The van der Waals surface area contributed by atoms with Crippen LogP contribution in [-0.4, -0.2) is 48.9 Å². The molecule has 1 rings (SSSR count). The summed E-state index contributed by atoms with van der Waals surface area (Å²) in [6.45, 7) is 6.01. The highest BCUT2D eigenvalue weighted by molar-refractivity contribution is 5.91. The molecule has 21 heavy (non-hydrogen) atoms. The lowest BCUT2D eigenvalue weighted by atomic mass is 9.80. The van der Waals surface area contributed by atoms with Crippen molar-refractivity contribution in [1.29, 1.82) is 0 Å². The molecular formula is C15H30ClN3O2. The Balaban J connectivity index is 0.00000400. The maximum Gasteiger partial charge on any atom is 0.248 e. The number of rotatable bonds is 7. The molecule has 0 aliphatic heterocycles. The summed E-state index contributed by atoms with van der Waals surface area (Å²) < 4.78 is 0. The molecular weight excluding hydrogens is 290 g/mol. The fourth-order valence-corrected chi connectivity index (χ4v) is 2.93. The summed E-state index contributed by atoms with van der Waals surface area (Å²) in [7, 11) is 1.82. The van der Waals surface area contributed by atoms with Gasteiger partial charge in [0, 0.05) is 26.1 Å². The second-order valence-corrected chi connectivity index (χ2v) is 5.52. The number of hydrogen-bond acceptors (Lipinski definition) is 3. The van der Waals surface area contributed by atoms with E-state index in [1.54, 1.807) is 0 Å². The highest BCUT2D eigenvalue weighted by atomic mass is 35.5. The fraction of sp³-hybridized carbons (Fsp3) is 0.867. The molecule has 1 aliphatic carbocycles. The summed E-state index contributed by atoms with van der Waals surface area (Å²) in [5.74, 6) is 0.0711. The van der Waals surface area contributed by atoms with Crippen LogP contribution in [0.4, 0.5) is 0 Å². The van der Waals surface area contributed by atoms with Crippen LogP contribution >= 0.6 is 12.4 Å². The van der Waals surface area contributed by atoms with Crippen molar-refractivity contribution in [2.75, 3.05) is 26.7 Å². The van der Waals surface area contributed by atoms with Crippen LogP contribution in [0.15, 0.2) is 0 Å². The Morgan fingerprint density at radius 3 is 2.14 bits per heavy atom. The quantitative estimate of drug-likeness (QED) is 0.751. The Labute approximate surface area is 134 Å². The lowest BCUT2D eigenvalue weighted by Gasteiger charge is -2.40. The van der Waals surface area contributed by atoms with Crippen molar-refractivity contribution in [3.05, 3.63) is 0 Å². The van der Waals surface area contributed by atoms with Crippen molar-refractivity contribution in [2.24, 2.45) is 0 Å². The van der Waals surface area contributed by atoms with Crippen molar-refractivity contribution in [2.45, 2.75) is 57.9 Å². The Morgan fingerprint density at radius 2 is 1.67 bits per heavy atom. The van der Waals surface area contributed by atoms with Crippen LogP contribution < -0.4 is 10.6 Å². The summed E-state index contributed by atoms with van der Waals surface area (Å²) in [4.78, 5) is 26.7. The van der Waals surface area contributed by atoms with Gasteiger partial charge in [0.15, 0.2) is 0 Å². The third-order valence-corrected chi connectivity index (χ3v) is 4.15. The number of nitrogens with one attached hydrogen (secondary N) is 2. The van der Waals surface area contributed by atoms with E-state index in [1.165, 1.54) is 0 Å². The maximum absolute atomic E-state index is 12.8. The molecule has 1 aliphatic rings. The minimum Gasteiger partial charge on any atom is -0.342 e. The zero-order valence-corrected chi connectivity index (χ0v) is 14.4. The van der Waals surface area contributed by atoms with Gasteiger partial charge in [-0.25, -0.2) is 0 Å². The van der Waals surface area contributed by atoms with E-state index in [2.05, 4.69) is 10.6 Å². The molecule has 0 spiro atoms. The maximum atomic E-state index is 12.8. The molecule has 2 amide bonds. The van der Waals surface area contributed by atoms with Crippen LogP contribution in [0.1, 0.15) is 52.4 Å². The number of hydrogen-bond donors (Lipinski definition) is 2. The van der Waals surface area contributed by atoms with Gasteiger partial charge in [-0.2, -0.15) is 0 Å². The zero-order chi connectivity index (χ0) is 15.0. The first-order valence-electron chi connectivity index (χ1n) is 7.84. The summed E-state index contributed by atoms with van der Waals surface area (Å²) in [5.41, 5.74) is -0.658. The van der Waals surface area contributed by atoms with Crippen molar-refractivity contribution >= 4 is 24.2 Å². The standard InChI is InChI=1S/C15H29N3O2.ClH/c1-4-18(5-2)14(20)15(10-7-6-8-11-15)17-13(19)9-12-16-3;/h16H,4-12H2,1-3H3,(H,17,19);1H. The molecule has 1 saturated carbocycles. The minimum atomic E-state index is -0.658. The van der Waals surface area contributed by atoms with E-state index in [-0.39, 0.29) is 24.2 Å². The molecule has 0 heterocycles. The lowest BCUT2D eigenvalue weighted by molar-refractivity contribution is -0.143. The largest absolute Gasteiger partial charge is 0.342 e. The third kappa shape index (κ3) is 5.47. The van der Waals surface area contributed by atoms with Gasteiger partial charge in [0.1, 0.15) is 5.54 Å². The first kappa shape index (κ1) is 20.2. The average molecular weight is 320 g/mol. The summed E-state index contributed by atoms with van der Waals surface area (Å²) in [6, 6.07) is 0. The molecule has 124 valence electrons. The van der Waals surface area contributed by atoms with Gasteiger partial charge >= 0.3 is 0 Å². The molecule has 6 heteroatoms. The number of nitrogens with zero attached hydrogens (tertiary/aromatic N) is 1. The first-order valence-corrected chi connectivity index (χ1v) is 7.84. The molecule has 0 atom stereocenters. The van der Waals surface area contributed by atoms with E-state index in [9.17, 15) is 9.59 Å². The van der Waals surface area contributed by atoms with Crippen molar-refractivity contribution in [3.63, 3.8) is 0 Å². The first-order chi connectivity index (χ1) is 9.59. The molecule has 0 aromatic heterocycles. The number of carbonyl (C=O) groups is 2. The van der Waals surface area contributed by atoms with Crippen molar-refractivity contribution < 1.29 is 9.59 Å². The van der Waals surface area contributed by atoms with Gasteiger partial charge in [-0.15, -0.1) is 12.4 Å². The number of amides is 2. The van der Waals surface area contributed by atoms with Gasteiger partial charge in [0.05, 0.1) is 0 Å². The zero-order valence-electron chi connectivity index (χ0n) is 13.5. The Hall–Kier alpha value is -0.810. The molecule has 2 N–H and O–H groups in total. The lowest BCUT2D eigenvalue weighted by Crippen LogP contribution is -2.60. The van der Waals surface area contributed by atoms with Crippen LogP contribution in [0.3, 0.4) is 0 Å². The monoisotopic (exact) mass is 319 g/mol. The topological polar surface area (TPSA) is 61.4 Å². The second-order valence-electron chi connectivity index (χ2n) is 5.52. The summed E-state index contributed by atoms with van der Waals surface area (Å²) in [5, 5.41) is 6.01. The normalized spacial score (nSPS) is 16.7. The molecule has 5 nitrogen and oxygen atoms in total. The predicted octanol–water partition coefficient (Wildman–Crippen LogP) is 1.71.